The maximum Gasteiger partial charge on any atom is 0.0813 e. The van der Waals surface area contributed by atoms with Crippen LogP contribution in [-0.2, 0) is 0 Å². The molecule has 0 saturated heterocycles. The van der Waals surface area contributed by atoms with E-state index in [1.165, 1.54) is 22.3 Å². The largest absolute Gasteiger partial charge is 0.245 e. The van der Waals surface area contributed by atoms with Crippen molar-refractivity contribution < 1.29 is 0 Å². The molecule has 14 heavy (non-hydrogen) atoms. The van der Waals surface area contributed by atoms with Crippen LogP contribution in [0.5, 0.6) is 0 Å². The van der Waals surface area contributed by atoms with Gasteiger partial charge >= 0.3 is 0 Å². The van der Waals surface area contributed by atoms with Crippen LogP contribution in [0.2, 0.25) is 0 Å². The molecular weight excluding hydrogens is 190 g/mol. The van der Waals surface area contributed by atoms with Gasteiger partial charge in [0.05, 0.1) is 11.2 Å². The van der Waals surface area contributed by atoms with E-state index in [0.717, 1.165) is 5.69 Å². The Bertz CT molecular complexity index is 444. The van der Waals surface area contributed by atoms with E-state index in [-0.39, 0.29) is 0 Å². The van der Waals surface area contributed by atoms with E-state index in [9.17, 15) is 0 Å². The highest BCUT2D eigenvalue weighted by molar-refractivity contribution is 7.07. The third kappa shape index (κ3) is 1.58. The number of aryl methyl sites for hydroxylation is 3. The smallest absolute Gasteiger partial charge is 0.0813 e. The van der Waals surface area contributed by atoms with Gasteiger partial charge in [0.15, 0.2) is 0 Å². The number of hydrogen-bond acceptors (Lipinski definition) is 2. The van der Waals surface area contributed by atoms with Crippen molar-refractivity contribution in [3.63, 3.8) is 0 Å². The van der Waals surface area contributed by atoms with Crippen LogP contribution in [0.1, 0.15) is 16.7 Å². The second-order valence-electron chi connectivity index (χ2n) is 3.63. The Hall–Kier alpha value is -1.15. The van der Waals surface area contributed by atoms with E-state index >= 15 is 0 Å². The molecule has 0 bridgehead atoms. The van der Waals surface area contributed by atoms with Gasteiger partial charge in [0.1, 0.15) is 0 Å². The lowest BCUT2D eigenvalue weighted by Gasteiger charge is -2.07. The molecule has 0 spiro atoms. The van der Waals surface area contributed by atoms with Gasteiger partial charge in [-0.2, -0.15) is 0 Å². The SMILES string of the molecule is Cc1cc(C)c(-c2cscn2)cc1C. The lowest BCUT2D eigenvalue weighted by molar-refractivity contribution is 1.28. The Morgan fingerprint density at radius 1 is 1.00 bits per heavy atom. The fraction of sp³-hybridized carbons (Fsp3) is 0.250. The van der Waals surface area contributed by atoms with E-state index in [1.807, 2.05) is 5.51 Å². The first-order valence-corrected chi connectivity index (χ1v) is 5.59. The van der Waals surface area contributed by atoms with E-state index in [0.29, 0.717) is 0 Å². The highest BCUT2D eigenvalue weighted by Crippen LogP contribution is 2.25. The molecule has 1 aromatic heterocycles. The highest BCUT2D eigenvalue weighted by atomic mass is 32.1. The van der Waals surface area contributed by atoms with Gasteiger partial charge in [-0.15, -0.1) is 11.3 Å². The summed E-state index contributed by atoms with van der Waals surface area (Å²) in [5.74, 6) is 0. The van der Waals surface area contributed by atoms with E-state index < -0.39 is 0 Å². The third-order valence-corrected chi connectivity index (χ3v) is 3.14. The summed E-state index contributed by atoms with van der Waals surface area (Å²) >= 11 is 1.64. The Balaban J connectivity index is 2.60. The van der Waals surface area contributed by atoms with Crippen molar-refractivity contribution in [3.8, 4) is 11.3 Å². The first kappa shape index (κ1) is 9.41. The molecule has 0 fully saturated rings. The minimum absolute atomic E-state index is 1.09. The van der Waals surface area contributed by atoms with Crippen molar-refractivity contribution in [2.24, 2.45) is 0 Å². The molecule has 0 amide bonds. The summed E-state index contributed by atoms with van der Waals surface area (Å²) in [4.78, 5) is 4.34. The minimum Gasteiger partial charge on any atom is -0.245 e. The van der Waals surface area contributed by atoms with Crippen LogP contribution < -0.4 is 0 Å². The number of rotatable bonds is 1. The molecular formula is C12H13NS. The molecule has 1 heterocycles. The maximum absolute atomic E-state index is 4.34. The van der Waals surface area contributed by atoms with Gasteiger partial charge in [0, 0.05) is 10.9 Å². The van der Waals surface area contributed by atoms with Gasteiger partial charge in [0.2, 0.25) is 0 Å². The van der Waals surface area contributed by atoms with Gasteiger partial charge in [-0.1, -0.05) is 6.07 Å². The summed E-state index contributed by atoms with van der Waals surface area (Å²) in [6.07, 6.45) is 0. The molecule has 72 valence electrons. The Labute approximate surface area is 88.4 Å². The molecule has 2 rings (SSSR count). The second-order valence-corrected chi connectivity index (χ2v) is 4.34. The molecule has 0 atom stereocenters. The predicted octanol–water partition coefficient (Wildman–Crippen LogP) is 3.74. The molecule has 0 aliphatic heterocycles. The van der Waals surface area contributed by atoms with Crippen LogP contribution >= 0.6 is 11.3 Å². The summed E-state index contributed by atoms with van der Waals surface area (Å²) in [7, 11) is 0. The zero-order chi connectivity index (χ0) is 10.1. The quantitative estimate of drug-likeness (QED) is 0.688. The van der Waals surface area contributed by atoms with E-state index in [2.05, 4.69) is 43.3 Å². The van der Waals surface area contributed by atoms with Crippen molar-refractivity contribution in [2.45, 2.75) is 20.8 Å². The Morgan fingerprint density at radius 2 is 1.71 bits per heavy atom. The van der Waals surface area contributed by atoms with Crippen molar-refractivity contribution in [2.75, 3.05) is 0 Å². The van der Waals surface area contributed by atoms with Gasteiger partial charge < -0.3 is 0 Å². The Kier molecular flexibility index (Phi) is 2.38. The molecule has 0 unspecified atom stereocenters. The lowest BCUT2D eigenvalue weighted by Crippen LogP contribution is -1.88. The molecule has 0 radical (unpaired) electrons. The van der Waals surface area contributed by atoms with Gasteiger partial charge in [-0.3, -0.25) is 0 Å². The highest BCUT2D eigenvalue weighted by Gasteiger charge is 2.05. The Morgan fingerprint density at radius 3 is 2.36 bits per heavy atom. The molecule has 2 heteroatoms. The summed E-state index contributed by atoms with van der Waals surface area (Å²) in [6.45, 7) is 6.43. The van der Waals surface area contributed by atoms with E-state index in [1.54, 1.807) is 11.3 Å². The average Bonchev–Trinajstić information content (AvgIpc) is 2.64. The number of nitrogens with zero attached hydrogens (tertiary/aromatic N) is 1. The lowest BCUT2D eigenvalue weighted by atomic mass is 9.99. The van der Waals surface area contributed by atoms with Crippen LogP contribution in [0.3, 0.4) is 0 Å². The minimum atomic E-state index is 1.09. The van der Waals surface area contributed by atoms with Crippen LogP contribution in [0, 0.1) is 20.8 Å². The number of hydrogen-bond donors (Lipinski definition) is 0. The van der Waals surface area contributed by atoms with Gasteiger partial charge in [-0.25, -0.2) is 4.98 Å². The van der Waals surface area contributed by atoms with Gasteiger partial charge in [0.25, 0.3) is 0 Å². The normalized spacial score (nSPS) is 10.5. The molecule has 2 aromatic rings. The number of benzene rings is 1. The summed E-state index contributed by atoms with van der Waals surface area (Å²) < 4.78 is 0. The fourth-order valence-corrected chi connectivity index (χ4v) is 2.13. The molecule has 1 aromatic carbocycles. The first-order valence-electron chi connectivity index (χ1n) is 4.65. The monoisotopic (exact) mass is 203 g/mol. The van der Waals surface area contributed by atoms with E-state index in [4.69, 9.17) is 0 Å². The van der Waals surface area contributed by atoms with Crippen LogP contribution in [0.15, 0.2) is 23.0 Å². The van der Waals surface area contributed by atoms with Crippen LogP contribution in [-0.4, -0.2) is 4.98 Å². The summed E-state index contributed by atoms with van der Waals surface area (Å²) in [5.41, 5.74) is 8.22. The topological polar surface area (TPSA) is 12.9 Å². The standard InChI is InChI=1S/C12H13NS/c1-8-4-10(3)11(5-9(8)2)12-6-14-7-13-12/h4-7H,1-3H3. The van der Waals surface area contributed by atoms with Crippen LogP contribution in [0.4, 0.5) is 0 Å². The summed E-state index contributed by atoms with van der Waals surface area (Å²) in [5, 5.41) is 2.09. The summed E-state index contributed by atoms with van der Waals surface area (Å²) in [6, 6.07) is 4.45. The van der Waals surface area contributed by atoms with Crippen LogP contribution in [0.25, 0.3) is 11.3 Å². The van der Waals surface area contributed by atoms with Gasteiger partial charge in [-0.05, 0) is 43.5 Å². The number of thiazole rings is 1. The first-order chi connectivity index (χ1) is 6.68. The average molecular weight is 203 g/mol. The van der Waals surface area contributed by atoms with Crippen molar-refractivity contribution in [1.82, 2.24) is 4.98 Å². The molecule has 0 aliphatic carbocycles. The molecule has 0 N–H and O–H groups in total. The zero-order valence-electron chi connectivity index (χ0n) is 8.66. The second kappa shape index (κ2) is 3.54. The molecule has 0 aliphatic rings. The molecule has 0 saturated carbocycles. The maximum atomic E-state index is 4.34. The zero-order valence-corrected chi connectivity index (χ0v) is 9.48. The third-order valence-electron chi connectivity index (χ3n) is 2.55. The fourth-order valence-electron chi connectivity index (χ4n) is 1.58. The molecule has 1 nitrogen and oxygen atoms in total. The van der Waals surface area contributed by atoms with Crippen molar-refractivity contribution in [1.29, 1.82) is 0 Å². The predicted molar refractivity (Wildman–Crippen MR) is 61.8 cm³/mol. The van der Waals surface area contributed by atoms with Crippen molar-refractivity contribution >= 4 is 11.3 Å². The van der Waals surface area contributed by atoms with Crippen molar-refractivity contribution in [3.05, 3.63) is 39.7 Å². The number of aromatic nitrogens is 1.